The van der Waals surface area contributed by atoms with Crippen LogP contribution in [0.1, 0.15) is 0 Å². The highest BCUT2D eigenvalue weighted by Crippen LogP contribution is 2.11. The van der Waals surface area contributed by atoms with E-state index in [4.69, 9.17) is 0 Å². The summed E-state index contributed by atoms with van der Waals surface area (Å²) in [4.78, 5) is 0. The molecule has 8 heavy (non-hydrogen) atoms. The van der Waals surface area contributed by atoms with Gasteiger partial charge in [-0.25, -0.2) is 0 Å². The fourth-order valence-corrected chi connectivity index (χ4v) is 0. The molecular formula is C4H2ClF3. The molecule has 0 heterocycles. The lowest BCUT2D eigenvalue weighted by Crippen LogP contribution is -1.54. The Morgan fingerprint density at radius 2 is 1.25 bits per heavy atom. The molecule has 0 radical (unpaired) electrons. The van der Waals surface area contributed by atoms with Crippen LogP contribution in [-0.2, 0) is 0 Å². The first-order chi connectivity index (χ1) is 3.64. The monoisotopic (exact) mass is 142 g/mol. The van der Waals surface area contributed by atoms with Crippen molar-refractivity contribution in [3.8, 4) is 12.8 Å². The number of rotatable bonds is 0. The fourth-order valence-electron chi connectivity index (χ4n) is 0. The highest BCUT2D eigenvalue weighted by Gasteiger charge is 1.95. The Morgan fingerprint density at radius 1 is 1.12 bits per heavy atom. The van der Waals surface area contributed by atoms with Crippen LogP contribution in [0.25, 0.3) is 0 Å². The van der Waals surface area contributed by atoms with Crippen molar-refractivity contribution in [2.24, 2.45) is 0 Å². The zero-order valence-electron chi connectivity index (χ0n) is 3.67. The van der Waals surface area contributed by atoms with E-state index >= 15 is 0 Å². The highest BCUT2D eigenvalue weighted by molar-refractivity contribution is 6.28. The van der Waals surface area contributed by atoms with Gasteiger partial charge < -0.3 is 0 Å². The Balaban J connectivity index is 0. The Labute approximate surface area is 49.9 Å². The molecule has 0 atom stereocenters. The number of terminal acetylenes is 1. The molecule has 0 aromatic heterocycles. The lowest BCUT2D eigenvalue weighted by Gasteiger charge is -1.70. The zero-order chi connectivity index (χ0) is 7.15. The molecule has 0 saturated carbocycles. The molecule has 0 bridgehead atoms. The van der Waals surface area contributed by atoms with E-state index in [0.717, 1.165) is 0 Å². The van der Waals surface area contributed by atoms with Gasteiger partial charge in [-0.2, -0.15) is 13.2 Å². The Hall–Kier alpha value is -0.620. The fraction of sp³-hybridized carbons (Fsp3) is 0. The summed E-state index contributed by atoms with van der Waals surface area (Å²) in [6.07, 6.45) is 5.52. The summed E-state index contributed by atoms with van der Waals surface area (Å²) < 4.78 is 31.8. The maximum Gasteiger partial charge on any atom is 0.317 e. The molecule has 4 heteroatoms. The molecular weight excluding hydrogens is 140 g/mol. The van der Waals surface area contributed by atoms with Crippen molar-refractivity contribution in [2.45, 2.75) is 0 Å². The third-order valence-corrected chi connectivity index (χ3v) is 0.286. The van der Waals surface area contributed by atoms with E-state index in [1.807, 2.05) is 0 Å². The molecule has 0 rings (SSSR count). The summed E-state index contributed by atoms with van der Waals surface area (Å²) in [7, 11) is 0. The van der Waals surface area contributed by atoms with E-state index in [9.17, 15) is 13.2 Å². The lowest BCUT2D eigenvalue weighted by atomic mass is 11.1. The summed E-state index contributed by atoms with van der Waals surface area (Å²) in [6, 6.07) is 0. The molecule has 0 aromatic rings. The molecule has 0 aliphatic heterocycles. The lowest BCUT2D eigenvalue weighted by molar-refractivity contribution is 0.393. The first-order valence-electron chi connectivity index (χ1n) is 1.34. The van der Waals surface area contributed by atoms with E-state index in [2.05, 4.69) is 24.4 Å². The van der Waals surface area contributed by atoms with Crippen molar-refractivity contribution < 1.29 is 13.2 Å². The van der Waals surface area contributed by atoms with E-state index in [0.29, 0.717) is 0 Å². The van der Waals surface area contributed by atoms with Gasteiger partial charge in [0, 0.05) is 0 Å². The van der Waals surface area contributed by atoms with Crippen molar-refractivity contribution in [3.63, 3.8) is 0 Å². The summed E-state index contributed by atoms with van der Waals surface area (Å²) in [6.45, 7) is 0. The zero-order valence-corrected chi connectivity index (χ0v) is 4.42. The molecule has 0 amide bonds. The van der Waals surface area contributed by atoms with Crippen LogP contribution in [-0.4, -0.2) is 0 Å². The molecule has 0 fully saturated rings. The first-order valence-corrected chi connectivity index (χ1v) is 1.72. The quantitative estimate of drug-likeness (QED) is 0.456. The van der Waals surface area contributed by atoms with Crippen LogP contribution >= 0.6 is 11.6 Å². The van der Waals surface area contributed by atoms with Crippen LogP contribution in [0.4, 0.5) is 13.2 Å². The van der Waals surface area contributed by atoms with Gasteiger partial charge in [-0.05, 0) is 11.6 Å². The van der Waals surface area contributed by atoms with Gasteiger partial charge in [0.05, 0.1) is 0 Å². The first kappa shape index (κ1) is 10.4. The van der Waals surface area contributed by atoms with Gasteiger partial charge in [0.25, 0.3) is 5.29 Å². The molecule has 46 valence electrons. The van der Waals surface area contributed by atoms with Crippen molar-refractivity contribution in [1.29, 1.82) is 0 Å². The maximum atomic E-state index is 10.7. The molecule has 0 saturated heterocycles. The highest BCUT2D eigenvalue weighted by atomic mass is 35.5. The van der Waals surface area contributed by atoms with Gasteiger partial charge in [0.1, 0.15) is 0 Å². The van der Waals surface area contributed by atoms with Gasteiger partial charge in [0.2, 0.25) is 0 Å². The third-order valence-electron chi connectivity index (χ3n) is 0.143. The SMILES string of the molecule is C#C.FC(F)=C(F)Cl. The van der Waals surface area contributed by atoms with Gasteiger partial charge >= 0.3 is 6.08 Å². The summed E-state index contributed by atoms with van der Waals surface area (Å²) >= 11 is 4.08. The Kier molecular flexibility index (Phi) is 8.28. The second kappa shape index (κ2) is 6.38. The molecule has 0 N–H and O–H groups in total. The van der Waals surface area contributed by atoms with E-state index in [1.165, 1.54) is 0 Å². The predicted molar refractivity (Wildman–Crippen MR) is 26.1 cm³/mol. The van der Waals surface area contributed by atoms with Crippen LogP contribution in [0.5, 0.6) is 0 Å². The molecule has 0 aliphatic rings. The minimum atomic E-state index is -2.48. The van der Waals surface area contributed by atoms with E-state index in [-0.39, 0.29) is 0 Å². The minimum absolute atomic E-state index is 1.94. The molecule has 0 unspecified atom stereocenters. The minimum Gasteiger partial charge on any atom is -0.188 e. The van der Waals surface area contributed by atoms with Crippen molar-refractivity contribution in [1.82, 2.24) is 0 Å². The summed E-state index contributed by atoms with van der Waals surface area (Å²) in [5, 5.41) is -1.94. The molecule has 0 spiro atoms. The second-order valence-corrected chi connectivity index (χ2v) is 0.853. The maximum absolute atomic E-state index is 10.7. The number of hydrogen-bond acceptors (Lipinski definition) is 0. The van der Waals surface area contributed by atoms with Crippen LogP contribution in [0, 0.1) is 12.8 Å². The number of halogens is 4. The third kappa shape index (κ3) is 9.03. The van der Waals surface area contributed by atoms with Crippen LogP contribution < -0.4 is 0 Å². The normalized spacial score (nSPS) is 6.25. The second-order valence-electron chi connectivity index (χ2n) is 0.521. The molecule has 0 aromatic carbocycles. The van der Waals surface area contributed by atoms with Crippen LogP contribution in [0.2, 0.25) is 0 Å². The Bertz CT molecular complexity index is 87.1. The standard InChI is InChI=1S/C2ClF3.C2H2/c3-1(4)2(5)6;1-2/h;1-2H. The topological polar surface area (TPSA) is 0 Å². The van der Waals surface area contributed by atoms with E-state index in [1.54, 1.807) is 0 Å². The van der Waals surface area contributed by atoms with Crippen LogP contribution in [0.3, 0.4) is 0 Å². The average Bonchev–Trinajstić information content (AvgIpc) is 1.72. The van der Waals surface area contributed by atoms with Crippen molar-refractivity contribution in [2.75, 3.05) is 0 Å². The predicted octanol–water partition coefficient (Wildman–Crippen LogP) is 2.51. The Morgan fingerprint density at radius 3 is 1.25 bits per heavy atom. The van der Waals surface area contributed by atoms with Crippen molar-refractivity contribution in [3.05, 3.63) is 11.4 Å². The molecule has 0 aliphatic carbocycles. The molecule has 0 nitrogen and oxygen atoms in total. The van der Waals surface area contributed by atoms with Crippen molar-refractivity contribution >= 4 is 11.6 Å². The van der Waals surface area contributed by atoms with Crippen LogP contribution in [0.15, 0.2) is 11.4 Å². The van der Waals surface area contributed by atoms with Gasteiger partial charge in [-0.15, -0.1) is 12.8 Å². The van der Waals surface area contributed by atoms with Gasteiger partial charge in [-0.3, -0.25) is 0 Å². The smallest absolute Gasteiger partial charge is 0.188 e. The van der Waals surface area contributed by atoms with Gasteiger partial charge in [0.15, 0.2) is 0 Å². The largest absolute Gasteiger partial charge is 0.317 e. The number of hydrogen-bond donors (Lipinski definition) is 0. The van der Waals surface area contributed by atoms with E-state index < -0.39 is 11.4 Å². The van der Waals surface area contributed by atoms with Gasteiger partial charge in [-0.1, -0.05) is 0 Å². The summed E-state index contributed by atoms with van der Waals surface area (Å²) in [5.41, 5.74) is 0. The average molecular weight is 143 g/mol. The summed E-state index contributed by atoms with van der Waals surface area (Å²) in [5.74, 6) is 0.